The average molecular weight is 373 g/mol. The van der Waals surface area contributed by atoms with E-state index in [0.717, 1.165) is 25.3 Å². The number of aliphatic carboxylic acids is 1. The fraction of sp³-hybridized carbons (Fsp3) is 0.450. The highest BCUT2D eigenvalue weighted by Gasteiger charge is 2.48. The van der Waals surface area contributed by atoms with Crippen molar-refractivity contribution < 1.29 is 23.8 Å². The van der Waals surface area contributed by atoms with E-state index in [0.29, 0.717) is 18.4 Å². The maximum Gasteiger partial charge on any atom is 0.343 e. The van der Waals surface area contributed by atoms with Crippen LogP contribution in [0.15, 0.2) is 23.1 Å². The van der Waals surface area contributed by atoms with Gasteiger partial charge in [0, 0.05) is 23.2 Å². The number of ether oxygens (including phenoxy) is 1. The Morgan fingerprint density at radius 3 is 2.56 bits per heavy atom. The summed E-state index contributed by atoms with van der Waals surface area (Å²) >= 11 is 0. The first-order valence-electron chi connectivity index (χ1n) is 9.18. The molecule has 2 aliphatic rings. The predicted molar refractivity (Wildman–Crippen MR) is 95.6 cm³/mol. The molecule has 1 aromatic heterocycles. The molecule has 0 unspecified atom stereocenters. The summed E-state index contributed by atoms with van der Waals surface area (Å²) in [6.45, 7) is 1.78. The van der Waals surface area contributed by atoms with Crippen LogP contribution in [0.5, 0.6) is 0 Å². The number of carbonyl (C=O) groups is 2. The zero-order valence-electron chi connectivity index (χ0n) is 15.0. The van der Waals surface area contributed by atoms with Crippen molar-refractivity contribution >= 4 is 22.8 Å². The van der Waals surface area contributed by atoms with E-state index >= 15 is 0 Å². The highest BCUT2D eigenvalue weighted by atomic mass is 19.1. The smallest absolute Gasteiger partial charge is 0.343 e. The minimum atomic E-state index is -1.23. The first-order valence-corrected chi connectivity index (χ1v) is 9.18. The average Bonchev–Trinajstić information content (AvgIpc) is 3.40. The Labute approximate surface area is 154 Å². The lowest BCUT2D eigenvalue weighted by molar-refractivity contribution is -0.147. The van der Waals surface area contributed by atoms with Crippen molar-refractivity contribution in [2.75, 3.05) is 6.61 Å². The van der Waals surface area contributed by atoms with Gasteiger partial charge in [-0.05, 0) is 44.7 Å². The van der Waals surface area contributed by atoms with Gasteiger partial charge in [-0.3, -0.25) is 9.59 Å². The number of esters is 1. The van der Waals surface area contributed by atoms with Crippen LogP contribution in [-0.2, 0) is 14.9 Å². The third-order valence-corrected chi connectivity index (χ3v) is 5.69. The number of carbonyl (C=O) groups excluding carboxylic acids is 1. The SMILES string of the molecule is CCOC(=O)c1cn(C2CC2)c2cc(C3(C(=O)O)CCC3)c(F)cc2c1=O. The molecule has 0 spiro atoms. The van der Waals surface area contributed by atoms with Gasteiger partial charge in [0.15, 0.2) is 0 Å². The summed E-state index contributed by atoms with van der Waals surface area (Å²) in [4.78, 5) is 36.7. The van der Waals surface area contributed by atoms with E-state index in [9.17, 15) is 23.9 Å². The Balaban J connectivity index is 1.98. The fourth-order valence-corrected chi connectivity index (χ4v) is 3.87. The van der Waals surface area contributed by atoms with Crippen LogP contribution < -0.4 is 5.43 Å². The van der Waals surface area contributed by atoms with E-state index in [2.05, 4.69) is 0 Å². The Morgan fingerprint density at radius 1 is 1.33 bits per heavy atom. The highest BCUT2D eigenvalue weighted by Crippen LogP contribution is 2.46. The summed E-state index contributed by atoms with van der Waals surface area (Å²) in [6, 6.07) is 2.69. The number of pyridine rings is 1. The van der Waals surface area contributed by atoms with Gasteiger partial charge < -0.3 is 14.4 Å². The third kappa shape index (κ3) is 2.64. The van der Waals surface area contributed by atoms with Crippen LogP contribution in [0.2, 0.25) is 0 Å². The summed E-state index contributed by atoms with van der Waals surface area (Å²) in [6.07, 6.45) is 4.71. The Morgan fingerprint density at radius 2 is 2.04 bits per heavy atom. The fourth-order valence-electron chi connectivity index (χ4n) is 3.87. The molecule has 1 N–H and O–H groups in total. The molecule has 2 saturated carbocycles. The molecule has 7 heteroatoms. The van der Waals surface area contributed by atoms with E-state index in [1.54, 1.807) is 11.5 Å². The number of fused-ring (bicyclic) bond motifs is 1. The van der Waals surface area contributed by atoms with E-state index in [-0.39, 0.29) is 29.2 Å². The second kappa shape index (κ2) is 6.18. The molecule has 0 saturated heterocycles. The summed E-state index contributed by atoms with van der Waals surface area (Å²) in [7, 11) is 0. The molecule has 0 atom stereocenters. The predicted octanol–water partition coefficient (Wildman–Crippen LogP) is 3.16. The number of benzene rings is 1. The molecule has 6 nitrogen and oxygen atoms in total. The highest BCUT2D eigenvalue weighted by molar-refractivity contribution is 5.94. The van der Waals surface area contributed by atoms with Crippen LogP contribution in [0.1, 0.15) is 61.0 Å². The quantitative estimate of drug-likeness (QED) is 0.814. The molecule has 1 aromatic carbocycles. The standard InChI is InChI=1S/C20H20FNO5/c1-2-27-18(24)13-10-22(11-4-5-11)16-9-14(15(21)8-12(16)17(13)23)20(19(25)26)6-3-7-20/h8-11H,2-7H2,1H3,(H,25,26). The number of hydrogen-bond acceptors (Lipinski definition) is 4. The monoisotopic (exact) mass is 373 g/mol. The van der Waals surface area contributed by atoms with Gasteiger partial charge in [-0.25, -0.2) is 9.18 Å². The van der Waals surface area contributed by atoms with Crippen LogP contribution in [0.3, 0.4) is 0 Å². The molecule has 0 bridgehead atoms. The normalized spacial score (nSPS) is 18.1. The molecule has 0 amide bonds. The zero-order valence-corrected chi connectivity index (χ0v) is 15.0. The van der Waals surface area contributed by atoms with Gasteiger partial charge in [-0.1, -0.05) is 6.42 Å². The minimum absolute atomic E-state index is 0.0774. The maximum absolute atomic E-state index is 14.9. The summed E-state index contributed by atoms with van der Waals surface area (Å²) in [5.41, 5.74) is -1.36. The zero-order chi connectivity index (χ0) is 19.3. The Hall–Kier alpha value is -2.70. The molecular formula is C20H20FNO5. The van der Waals surface area contributed by atoms with Crippen LogP contribution in [-0.4, -0.2) is 28.2 Å². The minimum Gasteiger partial charge on any atom is -0.481 e. The summed E-state index contributed by atoms with van der Waals surface area (Å²) < 4.78 is 21.6. The lowest BCUT2D eigenvalue weighted by atomic mass is 9.64. The van der Waals surface area contributed by atoms with Crippen LogP contribution in [0.25, 0.3) is 10.9 Å². The number of aromatic nitrogens is 1. The first kappa shape index (κ1) is 17.7. The topological polar surface area (TPSA) is 85.6 Å². The number of halogens is 1. The molecule has 0 radical (unpaired) electrons. The number of carboxylic acid groups (broad SMARTS) is 1. The molecule has 2 aromatic rings. The molecular weight excluding hydrogens is 353 g/mol. The van der Waals surface area contributed by atoms with Gasteiger partial charge in [0.05, 0.1) is 17.5 Å². The Kier molecular flexibility index (Phi) is 4.05. The molecule has 4 rings (SSSR count). The van der Waals surface area contributed by atoms with Crippen molar-refractivity contribution in [3.05, 3.63) is 45.5 Å². The van der Waals surface area contributed by atoms with Crippen LogP contribution in [0.4, 0.5) is 4.39 Å². The summed E-state index contributed by atoms with van der Waals surface area (Å²) in [5, 5.41) is 9.74. The number of carboxylic acids is 1. The van der Waals surface area contributed by atoms with Crippen molar-refractivity contribution in [2.45, 2.75) is 50.5 Å². The molecule has 142 valence electrons. The molecule has 27 heavy (non-hydrogen) atoms. The van der Waals surface area contributed by atoms with E-state index < -0.39 is 28.6 Å². The van der Waals surface area contributed by atoms with Crippen molar-refractivity contribution in [2.24, 2.45) is 0 Å². The lowest BCUT2D eigenvalue weighted by Gasteiger charge is -2.38. The number of hydrogen-bond donors (Lipinski definition) is 1. The molecule has 2 fully saturated rings. The van der Waals surface area contributed by atoms with E-state index in [4.69, 9.17) is 4.74 Å². The lowest BCUT2D eigenvalue weighted by Crippen LogP contribution is -2.43. The first-order chi connectivity index (χ1) is 12.9. The largest absolute Gasteiger partial charge is 0.481 e. The maximum atomic E-state index is 14.9. The third-order valence-electron chi connectivity index (χ3n) is 5.69. The number of nitrogens with zero attached hydrogens (tertiary/aromatic N) is 1. The van der Waals surface area contributed by atoms with Gasteiger partial charge in [-0.15, -0.1) is 0 Å². The number of rotatable bonds is 5. The van der Waals surface area contributed by atoms with Crippen molar-refractivity contribution in [1.29, 1.82) is 0 Å². The van der Waals surface area contributed by atoms with Gasteiger partial charge in [0.2, 0.25) is 5.43 Å². The Bertz CT molecular complexity index is 1020. The van der Waals surface area contributed by atoms with E-state index in [1.807, 2.05) is 0 Å². The van der Waals surface area contributed by atoms with Gasteiger partial charge in [0.1, 0.15) is 11.4 Å². The van der Waals surface area contributed by atoms with E-state index in [1.165, 1.54) is 12.3 Å². The van der Waals surface area contributed by atoms with Crippen molar-refractivity contribution in [3.63, 3.8) is 0 Å². The summed E-state index contributed by atoms with van der Waals surface area (Å²) in [5.74, 6) is -2.50. The van der Waals surface area contributed by atoms with Gasteiger partial charge >= 0.3 is 11.9 Å². The molecule has 1 heterocycles. The second-order valence-corrected chi connectivity index (χ2v) is 7.32. The molecule has 0 aliphatic heterocycles. The van der Waals surface area contributed by atoms with Gasteiger partial charge in [-0.2, -0.15) is 0 Å². The van der Waals surface area contributed by atoms with Gasteiger partial charge in [0.25, 0.3) is 0 Å². The van der Waals surface area contributed by atoms with Crippen molar-refractivity contribution in [1.82, 2.24) is 4.57 Å². The van der Waals surface area contributed by atoms with Crippen molar-refractivity contribution in [3.8, 4) is 0 Å². The molecule has 2 aliphatic carbocycles. The van der Waals surface area contributed by atoms with Crippen LogP contribution in [0, 0.1) is 5.82 Å². The van der Waals surface area contributed by atoms with Crippen LogP contribution >= 0.6 is 0 Å². The second-order valence-electron chi connectivity index (χ2n) is 7.32.